The zero-order valence-electron chi connectivity index (χ0n) is 11.9. The normalized spacial score (nSPS) is 22.3. The van der Waals surface area contributed by atoms with Crippen LogP contribution < -0.4 is 15.4 Å². The smallest absolute Gasteiger partial charge is 0.228 e. The number of anilines is 1. The number of hydrogen-bond acceptors (Lipinski definition) is 3. The molecule has 2 aliphatic rings. The zero-order chi connectivity index (χ0) is 14.2. The summed E-state index contributed by atoms with van der Waals surface area (Å²) in [6.45, 7) is 1.98. The molecule has 1 heterocycles. The molecule has 1 aliphatic heterocycles. The molecule has 1 aromatic rings. The Morgan fingerprint density at radius 2 is 2.14 bits per heavy atom. The van der Waals surface area contributed by atoms with Crippen molar-refractivity contribution in [3.8, 4) is 5.75 Å². The van der Waals surface area contributed by atoms with Crippen molar-refractivity contribution in [3.05, 3.63) is 24.0 Å². The molecule has 21 heavy (non-hydrogen) atoms. The van der Waals surface area contributed by atoms with Crippen molar-refractivity contribution in [1.29, 1.82) is 0 Å². The number of carbonyl (C=O) groups excluding carboxylic acids is 1. The number of ether oxygens (including phenoxy) is 1. The second-order valence-electron chi connectivity index (χ2n) is 5.70. The predicted molar refractivity (Wildman–Crippen MR) is 81.5 cm³/mol. The molecule has 1 aromatic carbocycles. The fourth-order valence-corrected chi connectivity index (χ4v) is 3.18. The van der Waals surface area contributed by atoms with Crippen LogP contribution in [0.25, 0.3) is 0 Å². The van der Waals surface area contributed by atoms with E-state index in [1.54, 1.807) is 6.07 Å². The third kappa shape index (κ3) is 3.14. The number of nitrogens with one attached hydrogen (secondary N) is 2. The van der Waals surface area contributed by atoms with Crippen molar-refractivity contribution in [1.82, 2.24) is 5.32 Å². The summed E-state index contributed by atoms with van der Waals surface area (Å²) in [5, 5.41) is 6.19. The molecule has 0 radical (unpaired) electrons. The first kappa shape index (κ1) is 16.0. The number of hydrogen-bond donors (Lipinski definition) is 2. The third-order valence-electron chi connectivity index (χ3n) is 4.53. The van der Waals surface area contributed by atoms with E-state index in [0.717, 1.165) is 32.4 Å². The Kier molecular flexibility index (Phi) is 4.74. The van der Waals surface area contributed by atoms with Crippen molar-refractivity contribution >= 4 is 24.0 Å². The van der Waals surface area contributed by atoms with Crippen molar-refractivity contribution < 1.29 is 13.9 Å². The van der Waals surface area contributed by atoms with Crippen LogP contribution in [0.2, 0.25) is 0 Å². The van der Waals surface area contributed by atoms with Gasteiger partial charge in [-0.2, -0.15) is 0 Å². The molecule has 4 nitrogen and oxygen atoms in total. The third-order valence-corrected chi connectivity index (χ3v) is 4.53. The molecule has 1 spiro atoms. The highest BCUT2D eigenvalue weighted by atomic mass is 35.5. The van der Waals surface area contributed by atoms with Gasteiger partial charge in [0.15, 0.2) is 0 Å². The summed E-state index contributed by atoms with van der Waals surface area (Å²) in [5.41, 5.74) is 0.734. The lowest BCUT2D eigenvalue weighted by atomic mass is 9.92. The van der Waals surface area contributed by atoms with Gasteiger partial charge in [0, 0.05) is 12.0 Å². The Labute approximate surface area is 129 Å². The molecule has 3 rings (SSSR count). The van der Waals surface area contributed by atoms with Crippen LogP contribution in [0.5, 0.6) is 5.75 Å². The van der Waals surface area contributed by atoms with Crippen LogP contribution in [0.15, 0.2) is 18.2 Å². The maximum absolute atomic E-state index is 13.1. The molecule has 2 fully saturated rings. The van der Waals surface area contributed by atoms with Gasteiger partial charge in [-0.3, -0.25) is 4.79 Å². The topological polar surface area (TPSA) is 50.4 Å². The van der Waals surface area contributed by atoms with Gasteiger partial charge in [-0.15, -0.1) is 12.4 Å². The Hall–Kier alpha value is -1.33. The van der Waals surface area contributed by atoms with E-state index in [1.807, 2.05) is 0 Å². The van der Waals surface area contributed by atoms with Crippen LogP contribution in [0.1, 0.15) is 19.3 Å². The van der Waals surface area contributed by atoms with Gasteiger partial charge in [0.2, 0.25) is 5.91 Å². The monoisotopic (exact) mass is 314 g/mol. The molecule has 1 aliphatic carbocycles. The van der Waals surface area contributed by atoms with Crippen LogP contribution in [-0.2, 0) is 4.79 Å². The molecule has 1 atom stereocenters. The van der Waals surface area contributed by atoms with E-state index in [0.29, 0.717) is 11.4 Å². The van der Waals surface area contributed by atoms with Crippen molar-refractivity contribution in [2.24, 2.45) is 11.3 Å². The average molecular weight is 315 g/mol. The van der Waals surface area contributed by atoms with Gasteiger partial charge in [-0.05, 0) is 49.9 Å². The van der Waals surface area contributed by atoms with Gasteiger partial charge in [-0.1, -0.05) is 0 Å². The van der Waals surface area contributed by atoms with Gasteiger partial charge in [0.1, 0.15) is 11.6 Å². The summed E-state index contributed by atoms with van der Waals surface area (Å²) in [6.07, 6.45) is 3.08. The van der Waals surface area contributed by atoms with Crippen LogP contribution >= 0.6 is 12.4 Å². The van der Waals surface area contributed by atoms with Crippen LogP contribution in [0, 0.1) is 17.2 Å². The number of piperidine rings is 1. The van der Waals surface area contributed by atoms with Crippen molar-refractivity contribution in [2.75, 3.05) is 25.5 Å². The molecule has 1 saturated heterocycles. The second kappa shape index (κ2) is 6.20. The SMILES string of the molecule is COc1cc(F)ccc1NC(=O)C1CC12CCNCC2.Cl. The molecule has 116 valence electrons. The Morgan fingerprint density at radius 1 is 1.43 bits per heavy atom. The second-order valence-corrected chi connectivity index (χ2v) is 5.70. The van der Waals surface area contributed by atoms with Crippen LogP contribution in [0.3, 0.4) is 0 Å². The minimum Gasteiger partial charge on any atom is -0.494 e. The lowest BCUT2D eigenvalue weighted by Crippen LogP contribution is -2.31. The summed E-state index contributed by atoms with van der Waals surface area (Å²) < 4.78 is 18.2. The van der Waals surface area contributed by atoms with Crippen molar-refractivity contribution in [2.45, 2.75) is 19.3 Å². The van der Waals surface area contributed by atoms with Gasteiger partial charge in [0.05, 0.1) is 12.8 Å². The van der Waals surface area contributed by atoms with Gasteiger partial charge in [0.25, 0.3) is 0 Å². The quantitative estimate of drug-likeness (QED) is 0.901. The average Bonchev–Trinajstić information content (AvgIpc) is 3.15. The summed E-state index contributed by atoms with van der Waals surface area (Å²) in [4.78, 5) is 12.3. The first-order valence-corrected chi connectivity index (χ1v) is 7.00. The standard InChI is InChI=1S/C15H19FN2O2.ClH/c1-20-13-8-10(16)2-3-12(13)18-14(19)11-9-15(11)4-6-17-7-5-15;/h2-3,8,11,17H,4-7,9H2,1H3,(H,18,19);1H. The van der Waals surface area contributed by atoms with E-state index >= 15 is 0 Å². The van der Waals surface area contributed by atoms with E-state index in [-0.39, 0.29) is 35.5 Å². The molecule has 2 N–H and O–H groups in total. The van der Waals surface area contributed by atoms with E-state index < -0.39 is 0 Å². The summed E-state index contributed by atoms with van der Waals surface area (Å²) in [7, 11) is 1.47. The summed E-state index contributed by atoms with van der Waals surface area (Å²) >= 11 is 0. The van der Waals surface area contributed by atoms with E-state index in [1.165, 1.54) is 19.2 Å². The molecule has 0 aromatic heterocycles. The maximum Gasteiger partial charge on any atom is 0.228 e. The van der Waals surface area contributed by atoms with E-state index in [9.17, 15) is 9.18 Å². The summed E-state index contributed by atoms with van der Waals surface area (Å²) in [5.74, 6) is 0.0932. The number of halogens is 2. The van der Waals surface area contributed by atoms with E-state index in [4.69, 9.17) is 4.74 Å². The number of methoxy groups -OCH3 is 1. The Morgan fingerprint density at radius 3 is 2.81 bits per heavy atom. The minimum absolute atomic E-state index is 0. The fraction of sp³-hybridized carbons (Fsp3) is 0.533. The highest BCUT2D eigenvalue weighted by Gasteiger charge is 2.57. The minimum atomic E-state index is -0.374. The molecular weight excluding hydrogens is 295 g/mol. The maximum atomic E-state index is 13.1. The number of amides is 1. The molecule has 1 unspecified atom stereocenters. The largest absolute Gasteiger partial charge is 0.494 e. The highest BCUT2D eigenvalue weighted by Crippen LogP contribution is 2.58. The lowest BCUT2D eigenvalue weighted by molar-refractivity contribution is -0.118. The lowest BCUT2D eigenvalue weighted by Gasteiger charge is -2.23. The highest BCUT2D eigenvalue weighted by molar-refractivity contribution is 5.96. The van der Waals surface area contributed by atoms with E-state index in [2.05, 4.69) is 10.6 Å². The first-order valence-electron chi connectivity index (χ1n) is 7.00. The number of rotatable bonds is 3. The Balaban J connectivity index is 0.00000161. The first-order chi connectivity index (χ1) is 9.64. The number of benzene rings is 1. The molecular formula is C15H20ClFN2O2. The molecule has 6 heteroatoms. The van der Waals surface area contributed by atoms with Crippen LogP contribution in [0.4, 0.5) is 10.1 Å². The van der Waals surface area contributed by atoms with Crippen molar-refractivity contribution in [3.63, 3.8) is 0 Å². The fourth-order valence-electron chi connectivity index (χ4n) is 3.18. The molecule has 0 bridgehead atoms. The number of carbonyl (C=O) groups is 1. The van der Waals surface area contributed by atoms with Gasteiger partial charge >= 0.3 is 0 Å². The van der Waals surface area contributed by atoms with Gasteiger partial charge < -0.3 is 15.4 Å². The van der Waals surface area contributed by atoms with Gasteiger partial charge in [-0.25, -0.2) is 4.39 Å². The molecule has 1 saturated carbocycles. The van der Waals surface area contributed by atoms with Crippen LogP contribution in [-0.4, -0.2) is 26.1 Å². The zero-order valence-corrected chi connectivity index (χ0v) is 12.8. The summed E-state index contributed by atoms with van der Waals surface area (Å²) in [6, 6.07) is 4.15. The Bertz CT molecular complexity index is 532. The predicted octanol–water partition coefficient (Wildman–Crippen LogP) is 2.58. The molecule has 1 amide bonds.